The second-order valence-electron chi connectivity index (χ2n) is 4.15. The summed E-state index contributed by atoms with van der Waals surface area (Å²) in [5.41, 5.74) is 10.9. The van der Waals surface area contributed by atoms with E-state index in [9.17, 15) is 5.11 Å². The van der Waals surface area contributed by atoms with Gasteiger partial charge in [0.05, 0.1) is 6.10 Å². The third kappa shape index (κ3) is 6.02. The average molecular weight is 271 g/mol. The molecule has 0 aliphatic carbocycles. The summed E-state index contributed by atoms with van der Waals surface area (Å²) in [7, 11) is 0. The molecule has 6 nitrogen and oxygen atoms in total. The Kier molecular flexibility index (Phi) is 6.74. The summed E-state index contributed by atoms with van der Waals surface area (Å²) in [4.78, 5) is 11.6. The molecule has 0 saturated carbocycles. The lowest BCUT2D eigenvalue weighted by Crippen LogP contribution is -2.11. The fourth-order valence-electron chi connectivity index (χ4n) is 1.51. The highest BCUT2D eigenvalue weighted by atomic mass is 32.2. The summed E-state index contributed by atoms with van der Waals surface area (Å²) >= 11 is 1.35. The van der Waals surface area contributed by atoms with E-state index in [0.29, 0.717) is 10.9 Å². The molecule has 0 radical (unpaired) electrons. The first-order valence-corrected chi connectivity index (χ1v) is 7.18. The zero-order chi connectivity index (χ0) is 13.4. The average Bonchev–Trinajstić information content (AvgIpc) is 2.31. The van der Waals surface area contributed by atoms with Gasteiger partial charge in [-0.2, -0.15) is 15.0 Å². The zero-order valence-corrected chi connectivity index (χ0v) is 11.5. The first-order chi connectivity index (χ1) is 8.61. The van der Waals surface area contributed by atoms with Gasteiger partial charge in [0.25, 0.3) is 0 Å². The largest absolute Gasteiger partial charge is 0.392 e. The molecule has 0 aliphatic rings. The normalized spacial score (nSPS) is 12.6. The molecule has 0 spiro atoms. The van der Waals surface area contributed by atoms with Gasteiger partial charge in [-0.25, -0.2) is 0 Å². The SMILES string of the molecule is CCCCCCC(O)CSc1nc(N)nc(N)n1. The van der Waals surface area contributed by atoms with E-state index in [1.807, 2.05) is 0 Å². The van der Waals surface area contributed by atoms with E-state index in [1.54, 1.807) is 0 Å². The number of aromatic nitrogens is 3. The Labute approximate surface area is 112 Å². The zero-order valence-electron chi connectivity index (χ0n) is 10.7. The van der Waals surface area contributed by atoms with E-state index in [4.69, 9.17) is 11.5 Å². The number of aliphatic hydroxyl groups is 1. The summed E-state index contributed by atoms with van der Waals surface area (Å²) in [6.07, 6.45) is 5.12. The monoisotopic (exact) mass is 271 g/mol. The summed E-state index contributed by atoms with van der Waals surface area (Å²) < 4.78 is 0. The second-order valence-corrected chi connectivity index (χ2v) is 5.14. The number of rotatable bonds is 8. The minimum Gasteiger partial charge on any atom is -0.392 e. The van der Waals surface area contributed by atoms with Crippen LogP contribution in [0.25, 0.3) is 0 Å². The van der Waals surface area contributed by atoms with Gasteiger partial charge in [0.2, 0.25) is 11.9 Å². The van der Waals surface area contributed by atoms with Crippen molar-refractivity contribution in [3.05, 3.63) is 0 Å². The van der Waals surface area contributed by atoms with Crippen LogP contribution >= 0.6 is 11.8 Å². The first-order valence-electron chi connectivity index (χ1n) is 6.19. The number of nitrogens with zero attached hydrogens (tertiary/aromatic N) is 3. The Morgan fingerprint density at radius 2 is 1.78 bits per heavy atom. The quantitative estimate of drug-likeness (QED) is 0.485. The van der Waals surface area contributed by atoms with Crippen LogP contribution in [-0.2, 0) is 0 Å². The molecule has 1 unspecified atom stereocenters. The van der Waals surface area contributed by atoms with Crippen molar-refractivity contribution in [2.75, 3.05) is 17.2 Å². The molecule has 1 aromatic heterocycles. The maximum Gasteiger partial charge on any atom is 0.225 e. The molecule has 0 aliphatic heterocycles. The molecular formula is C11H21N5OS. The fraction of sp³-hybridized carbons (Fsp3) is 0.727. The maximum absolute atomic E-state index is 9.79. The van der Waals surface area contributed by atoms with Crippen LogP contribution in [0.15, 0.2) is 5.16 Å². The Morgan fingerprint density at radius 3 is 2.39 bits per heavy atom. The molecule has 102 valence electrons. The Balaban J connectivity index is 2.26. The van der Waals surface area contributed by atoms with E-state index in [-0.39, 0.29) is 18.0 Å². The number of aliphatic hydroxyl groups excluding tert-OH is 1. The van der Waals surface area contributed by atoms with E-state index in [2.05, 4.69) is 21.9 Å². The number of nitrogens with two attached hydrogens (primary N) is 2. The molecule has 0 aromatic carbocycles. The summed E-state index contributed by atoms with van der Waals surface area (Å²) in [6.45, 7) is 2.17. The molecule has 0 fully saturated rings. The van der Waals surface area contributed by atoms with Gasteiger partial charge in [-0.3, -0.25) is 0 Å². The van der Waals surface area contributed by atoms with Gasteiger partial charge < -0.3 is 16.6 Å². The number of hydrogen-bond acceptors (Lipinski definition) is 7. The van der Waals surface area contributed by atoms with Gasteiger partial charge >= 0.3 is 0 Å². The molecule has 7 heteroatoms. The van der Waals surface area contributed by atoms with E-state index in [1.165, 1.54) is 31.0 Å². The molecule has 0 amide bonds. The number of anilines is 2. The van der Waals surface area contributed by atoms with Gasteiger partial charge in [-0.1, -0.05) is 44.4 Å². The Hall–Kier alpha value is -1.08. The smallest absolute Gasteiger partial charge is 0.225 e. The molecule has 1 atom stereocenters. The third-order valence-corrected chi connectivity index (χ3v) is 3.44. The highest BCUT2D eigenvalue weighted by Crippen LogP contribution is 2.17. The minimum absolute atomic E-state index is 0.113. The number of nitrogen functional groups attached to an aromatic ring is 2. The number of hydrogen-bond donors (Lipinski definition) is 3. The predicted molar refractivity (Wildman–Crippen MR) is 74.1 cm³/mol. The highest BCUT2D eigenvalue weighted by Gasteiger charge is 2.08. The van der Waals surface area contributed by atoms with Crippen LogP contribution in [0.4, 0.5) is 11.9 Å². The lowest BCUT2D eigenvalue weighted by molar-refractivity contribution is 0.185. The molecule has 0 bridgehead atoms. The minimum atomic E-state index is -0.342. The van der Waals surface area contributed by atoms with Crippen molar-refractivity contribution < 1.29 is 5.11 Å². The van der Waals surface area contributed by atoms with Crippen molar-refractivity contribution in [1.29, 1.82) is 0 Å². The number of thioether (sulfide) groups is 1. The van der Waals surface area contributed by atoms with Gasteiger partial charge in [-0.15, -0.1) is 0 Å². The van der Waals surface area contributed by atoms with Crippen LogP contribution in [-0.4, -0.2) is 31.9 Å². The molecular weight excluding hydrogens is 250 g/mol. The molecule has 1 aromatic rings. The molecule has 1 rings (SSSR count). The molecule has 5 N–H and O–H groups in total. The second kappa shape index (κ2) is 8.10. The van der Waals surface area contributed by atoms with Crippen molar-refractivity contribution in [2.45, 2.75) is 50.3 Å². The molecule has 0 saturated heterocycles. The van der Waals surface area contributed by atoms with Crippen LogP contribution in [0.2, 0.25) is 0 Å². The van der Waals surface area contributed by atoms with Crippen LogP contribution < -0.4 is 11.5 Å². The van der Waals surface area contributed by atoms with E-state index >= 15 is 0 Å². The van der Waals surface area contributed by atoms with Crippen molar-refractivity contribution in [1.82, 2.24) is 15.0 Å². The Bertz CT molecular complexity index is 343. The topological polar surface area (TPSA) is 111 Å². The molecule has 1 heterocycles. The summed E-state index contributed by atoms with van der Waals surface area (Å²) in [5, 5.41) is 10.3. The van der Waals surface area contributed by atoms with Crippen molar-refractivity contribution in [3.63, 3.8) is 0 Å². The summed E-state index contributed by atoms with van der Waals surface area (Å²) in [5.74, 6) is 0.777. The number of unbranched alkanes of at least 4 members (excludes halogenated alkanes) is 3. The maximum atomic E-state index is 9.79. The fourth-order valence-corrected chi connectivity index (χ4v) is 2.34. The van der Waals surface area contributed by atoms with Crippen molar-refractivity contribution >= 4 is 23.7 Å². The lowest BCUT2D eigenvalue weighted by Gasteiger charge is -2.09. The molecule has 18 heavy (non-hydrogen) atoms. The van der Waals surface area contributed by atoms with Crippen LogP contribution in [0.1, 0.15) is 39.0 Å². The van der Waals surface area contributed by atoms with Crippen molar-refractivity contribution in [2.24, 2.45) is 0 Å². The van der Waals surface area contributed by atoms with Gasteiger partial charge in [0, 0.05) is 5.75 Å². The van der Waals surface area contributed by atoms with E-state index in [0.717, 1.165) is 12.8 Å². The predicted octanol–water partition coefficient (Wildman–Crippen LogP) is 1.46. The van der Waals surface area contributed by atoms with Crippen molar-refractivity contribution in [3.8, 4) is 0 Å². The third-order valence-electron chi connectivity index (χ3n) is 2.45. The van der Waals surface area contributed by atoms with Gasteiger partial charge in [0.15, 0.2) is 5.16 Å². The first kappa shape index (κ1) is 15.0. The van der Waals surface area contributed by atoms with Crippen LogP contribution in [0.3, 0.4) is 0 Å². The standard InChI is InChI=1S/C11H21N5OS/c1-2-3-4-5-6-8(17)7-18-11-15-9(12)14-10(13)16-11/h8,17H,2-7H2,1H3,(H4,12,13,14,15,16). The van der Waals surface area contributed by atoms with Gasteiger partial charge in [-0.05, 0) is 6.42 Å². The van der Waals surface area contributed by atoms with E-state index < -0.39 is 0 Å². The highest BCUT2D eigenvalue weighted by molar-refractivity contribution is 7.99. The Morgan fingerprint density at radius 1 is 1.11 bits per heavy atom. The van der Waals surface area contributed by atoms with Crippen LogP contribution in [0, 0.1) is 0 Å². The lowest BCUT2D eigenvalue weighted by atomic mass is 10.1. The van der Waals surface area contributed by atoms with Gasteiger partial charge in [0.1, 0.15) is 0 Å². The summed E-state index contributed by atoms with van der Waals surface area (Å²) in [6, 6.07) is 0. The van der Waals surface area contributed by atoms with Crippen LogP contribution in [0.5, 0.6) is 0 Å².